The maximum atomic E-state index is 14.8. The summed E-state index contributed by atoms with van der Waals surface area (Å²) in [7, 11) is 3.74. The Bertz CT molecular complexity index is 1410. The average Bonchev–Trinajstić information content (AvgIpc) is 3.42. The summed E-state index contributed by atoms with van der Waals surface area (Å²) < 4.78 is 17.4. The van der Waals surface area contributed by atoms with Crippen molar-refractivity contribution in [2.45, 2.75) is 9.92 Å². The second-order valence-corrected chi connectivity index (χ2v) is 10.8. The summed E-state index contributed by atoms with van der Waals surface area (Å²) in [6.07, 6.45) is 5.15. The summed E-state index contributed by atoms with van der Waals surface area (Å²) in [5.74, 6) is 0.0684. The monoisotopic (exact) mass is 528 g/mol. The van der Waals surface area contributed by atoms with Crippen molar-refractivity contribution in [3.8, 4) is 0 Å². The molecule has 1 aliphatic heterocycles. The van der Waals surface area contributed by atoms with Crippen LogP contribution in [0.2, 0.25) is 0 Å². The van der Waals surface area contributed by atoms with Gasteiger partial charge in [0.25, 0.3) is 0 Å². The molecule has 4 aromatic rings. The minimum Gasteiger partial charge on any atom is -0.339 e. The Morgan fingerprint density at radius 1 is 1.19 bits per heavy atom. The van der Waals surface area contributed by atoms with E-state index in [2.05, 4.69) is 20.3 Å². The molecule has 0 radical (unpaired) electrons. The molecule has 1 fully saturated rings. The number of aromatic nitrogens is 4. The number of likely N-dealkylation sites (N-methyl/N-ethyl adjacent to an activating group) is 1. The predicted molar refractivity (Wildman–Crippen MR) is 137 cm³/mol. The lowest BCUT2D eigenvalue weighted by Gasteiger charge is -2.34. The van der Waals surface area contributed by atoms with Gasteiger partial charge in [-0.25, -0.2) is 19.3 Å². The Balaban J connectivity index is 1.20. The Labute approximate surface area is 215 Å². The molecule has 0 spiro atoms. The molecule has 3 aromatic heterocycles. The van der Waals surface area contributed by atoms with E-state index in [1.54, 1.807) is 28.9 Å². The van der Waals surface area contributed by atoms with Gasteiger partial charge in [0.2, 0.25) is 17.6 Å². The number of rotatable bonds is 7. The molecule has 5 rings (SSSR count). The Morgan fingerprint density at radius 3 is 2.78 bits per heavy atom. The first-order valence-electron chi connectivity index (χ1n) is 11.4. The van der Waals surface area contributed by atoms with Gasteiger partial charge in [-0.2, -0.15) is 0 Å². The van der Waals surface area contributed by atoms with Crippen molar-refractivity contribution in [2.24, 2.45) is 0 Å². The third-order valence-corrected chi connectivity index (χ3v) is 7.68. The van der Waals surface area contributed by atoms with Gasteiger partial charge in [0.15, 0.2) is 5.13 Å². The van der Waals surface area contributed by atoms with Crippen LogP contribution in [-0.2, 0) is 9.59 Å². The molecule has 2 amide bonds. The SMILES string of the molecule is CN(C)CC(=O)N1CCN(CC(=O)Nc2nc3cc(F)c(Sc4cnc5ncccn45)cc3s2)CC1. The van der Waals surface area contributed by atoms with Gasteiger partial charge >= 0.3 is 0 Å². The lowest BCUT2D eigenvalue weighted by molar-refractivity contribution is -0.133. The lowest BCUT2D eigenvalue weighted by Crippen LogP contribution is -2.52. The third-order valence-electron chi connectivity index (χ3n) is 5.70. The van der Waals surface area contributed by atoms with E-state index in [1.165, 1.54) is 29.2 Å². The van der Waals surface area contributed by atoms with Crippen LogP contribution in [0.4, 0.5) is 9.52 Å². The number of benzene rings is 1. The van der Waals surface area contributed by atoms with E-state index in [0.717, 1.165) is 9.73 Å². The van der Waals surface area contributed by atoms with E-state index in [1.807, 2.05) is 35.0 Å². The fraction of sp³-hybridized carbons (Fsp3) is 0.348. The van der Waals surface area contributed by atoms with Crippen molar-refractivity contribution in [2.75, 3.05) is 58.7 Å². The van der Waals surface area contributed by atoms with Gasteiger partial charge in [0.05, 0.1) is 34.4 Å². The molecule has 0 bridgehead atoms. The van der Waals surface area contributed by atoms with Crippen LogP contribution in [0.15, 0.2) is 46.7 Å². The number of hydrogen-bond donors (Lipinski definition) is 1. The highest BCUT2D eigenvalue weighted by atomic mass is 32.2. The Morgan fingerprint density at radius 2 is 2.00 bits per heavy atom. The van der Waals surface area contributed by atoms with Crippen molar-refractivity contribution in [3.05, 3.63) is 42.6 Å². The summed E-state index contributed by atoms with van der Waals surface area (Å²) in [5.41, 5.74) is 0.491. The lowest BCUT2D eigenvalue weighted by atomic mass is 10.3. The molecule has 0 saturated carbocycles. The van der Waals surface area contributed by atoms with E-state index >= 15 is 0 Å². The van der Waals surface area contributed by atoms with Gasteiger partial charge in [0, 0.05) is 44.6 Å². The van der Waals surface area contributed by atoms with E-state index in [9.17, 15) is 14.0 Å². The molecule has 1 aromatic carbocycles. The fourth-order valence-electron chi connectivity index (χ4n) is 3.94. The van der Waals surface area contributed by atoms with Crippen LogP contribution in [0.3, 0.4) is 0 Å². The van der Waals surface area contributed by atoms with E-state index in [-0.39, 0.29) is 18.4 Å². The molecule has 1 N–H and O–H groups in total. The number of halogens is 1. The summed E-state index contributed by atoms with van der Waals surface area (Å²) in [6.45, 7) is 3.07. The van der Waals surface area contributed by atoms with Crippen LogP contribution in [0.1, 0.15) is 0 Å². The first kappa shape index (κ1) is 24.6. The van der Waals surface area contributed by atoms with Crippen LogP contribution < -0.4 is 5.32 Å². The summed E-state index contributed by atoms with van der Waals surface area (Å²) in [6, 6.07) is 4.92. The molecule has 1 saturated heterocycles. The summed E-state index contributed by atoms with van der Waals surface area (Å²) in [5, 5.41) is 4.01. The number of amides is 2. The zero-order chi connectivity index (χ0) is 25.2. The Kier molecular flexibility index (Phi) is 7.14. The molecular weight excluding hydrogens is 503 g/mol. The highest BCUT2D eigenvalue weighted by Gasteiger charge is 2.23. The van der Waals surface area contributed by atoms with Crippen LogP contribution in [0.5, 0.6) is 0 Å². The van der Waals surface area contributed by atoms with Gasteiger partial charge in [-0.05, 0) is 26.2 Å². The molecule has 36 heavy (non-hydrogen) atoms. The normalized spacial score (nSPS) is 14.7. The number of nitrogens with zero attached hydrogens (tertiary/aromatic N) is 7. The molecule has 0 unspecified atom stereocenters. The zero-order valence-corrected chi connectivity index (χ0v) is 21.5. The van der Waals surface area contributed by atoms with E-state index < -0.39 is 5.82 Å². The number of piperazine rings is 1. The first-order chi connectivity index (χ1) is 17.4. The topological polar surface area (TPSA) is 99.0 Å². The van der Waals surface area contributed by atoms with Crippen molar-refractivity contribution in [1.29, 1.82) is 0 Å². The molecule has 10 nitrogen and oxygen atoms in total. The molecular formula is C23H25FN8O2S2. The first-order valence-corrected chi connectivity index (χ1v) is 13.0. The highest BCUT2D eigenvalue weighted by Crippen LogP contribution is 2.35. The molecule has 4 heterocycles. The van der Waals surface area contributed by atoms with Crippen LogP contribution >= 0.6 is 23.1 Å². The minimum absolute atomic E-state index is 0.0985. The van der Waals surface area contributed by atoms with Gasteiger partial charge in [-0.3, -0.25) is 18.9 Å². The molecule has 13 heteroatoms. The predicted octanol–water partition coefficient (Wildman–Crippen LogP) is 2.27. The quantitative estimate of drug-likeness (QED) is 0.390. The Hall–Kier alpha value is -3.13. The van der Waals surface area contributed by atoms with Crippen molar-refractivity contribution in [3.63, 3.8) is 0 Å². The standard InChI is InChI=1S/C23H25FN8O2S2/c1-29(2)14-20(34)31-8-6-30(7-9-31)13-19(33)28-23-27-16-10-15(24)17(11-18(16)36-23)35-21-12-26-22-25-4-3-5-32(21)22/h3-5,10-12H,6-9,13-14H2,1-2H3,(H,27,28,33). The van der Waals surface area contributed by atoms with Gasteiger partial charge in [0.1, 0.15) is 10.8 Å². The number of fused-ring (bicyclic) bond motifs is 2. The van der Waals surface area contributed by atoms with Gasteiger partial charge in [-0.1, -0.05) is 23.1 Å². The zero-order valence-electron chi connectivity index (χ0n) is 19.8. The van der Waals surface area contributed by atoms with Crippen molar-refractivity contribution in [1.82, 2.24) is 34.1 Å². The van der Waals surface area contributed by atoms with Crippen LogP contribution in [0.25, 0.3) is 16.0 Å². The van der Waals surface area contributed by atoms with Crippen molar-refractivity contribution >= 4 is 56.0 Å². The minimum atomic E-state index is -0.392. The molecule has 0 aliphatic carbocycles. The van der Waals surface area contributed by atoms with Crippen molar-refractivity contribution < 1.29 is 14.0 Å². The second kappa shape index (κ2) is 10.5. The summed E-state index contributed by atoms with van der Waals surface area (Å²) >= 11 is 2.56. The van der Waals surface area contributed by atoms with Crippen LogP contribution in [0, 0.1) is 5.82 Å². The van der Waals surface area contributed by atoms with Gasteiger partial charge in [-0.15, -0.1) is 0 Å². The maximum absolute atomic E-state index is 14.8. The number of carbonyl (C=O) groups excluding carboxylic acids is 2. The average molecular weight is 529 g/mol. The number of imidazole rings is 1. The largest absolute Gasteiger partial charge is 0.339 e. The third kappa shape index (κ3) is 5.48. The molecule has 0 atom stereocenters. The molecule has 1 aliphatic rings. The summed E-state index contributed by atoms with van der Waals surface area (Å²) in [4.78, 5) is 43.8. The number of nitrogens with one attached hydrogen (secondary N) is 1. The number of thiazole rings is 1. The van der Waals surface area contributed by atoms with E-state index in [0.29, 0.717) is 54.0 Å². The smallest absolute Gasteiger partial charge is 0.240 e. The molecule has 188 valence electrons. The maximum Gasteiger partial charge on any atom is 0.240 e. The second-order valence-electron chi connectivity index (χ2n) is 8.70. The number of carbonyl (C=O) groups is 2. The number of anilines is 1. The number of hydrogen-bond acceptors (Lipinski definition) is 9. The van der Waals surface area contributed by atoms with E-state index in [4.69, 9.17) is 0 Å². The van der Waals surface area contributed by atoms with Crippen LogP contribution in [-0.4, -0.2) is 99.2 Å². The van der Waals surface area contributed by atoms with Gasteiger partial charge < -0.3 is 15.1 Å². The fourth-order valence-corrected chi connectivity index (χ4v) is 5.83. The highest BCUT2D eigenvalue weighted by molar-refractivity contribution is 7.99.